The lowest BCUT2D eigenvalue weighted by molar-refractivity contribution is -0.384. The molecule has 6 nitrogen and oxygen atoms in total. The number of halogens is 1. The van der Waals surface area contributed by atoms with Gasteiger partial charge in [-0.1, -0.05) is 13.3 Å². The van der Waals surface area contributed by atoms with E-state index in [1.165, 1.54) is 17.4 Å². The number of carbonyl (C=O) groups is 1. The number of thiazole rings is 1. The topological polar surface area (TPSA) is 85.1 Å². The van der Waals surface area contributed by atoms with E-state index >= 15 is 0 Å². The van der Waals surface area contributed by atoms with E-state index in [0.29, 0.717) is 8.92 Å². The van der Waals surface area contributed by atoms with E-state index in [9.17, 15) is 14.9 Å². The summed E-state index contributed by atoms with van der Waals surface area (Å²) in [6, 6.07) is 1.32. The molecule has 2 aromatic rings. The SMILES string of the molecule is CCCc1cnc(NC(=O)c2sc(Br)cc2[N+](=O)[O-])s1. The molecule has 0 bridgehead atoms. The number of nitrogens with one attached hydrogen (secondary N) is 1. The molecule has 1 N–H and O–H groups in total. The van der Waals surface area contributed by atoms with Crippen LogP contribution < -0.4 is 5.32 Å². The van der Waals surface area contributed by atoms with Crippen LogP contribution in [0.25, 0.3) is 0 Å². The maximum atomic E-state index is 12.1. The number of carbonyl (C=O) groups excluding carboxylic acids is 1. The Morgan fingerprint density at radius 2 is 2.30 bits per heavy atom. The smallest absolute Gasteiger partial charge is 0.294 e. The van der Waals surface area contributed by atoms with Gasteiger partial charge in [0.1, 0.15) is 0 Å². The molecule has 1 amide bonds. The van der Waals surface area contributed by atoms with Crippen LogP contribution in [0.5, 0.6) is 0 Å². The van der Waals surface area contributed by atoms with E-state index in [2.05, 4.69) is 33.2 Å². The van der Waals surface area contributed by atoms with Crippen LogP contribution in [0, 0.1) is 10.1 Å². The van der Waals surface area contributed by atoms with Crippen molar-refractivity contribution in [1.29, 1.82) is 0 Å². The highest BCUT2D eigenvalue weighted by Gasteiger charge is 2.24. The molecule has 0 aromatic carbocycles. The summed E-state index contributed by atoms with van der Waals surface area (Å²) in [5.41, 5.74) is -0.204. The summed E-state index contributed by atoms with van der Waals surface area (Å²) in [4.78, 5) is 27.6. The van der Waals surface area contributed by atoms with Gasteiger partial charge >= 0.3 is 0 Å². The number of aryl methyl sites for hydroxylation is 1. The fraction of sp³-hybridized carbons (Fsp3) is 0.273. The molecule has 2 rings (SSSR count). The Morgan fingerprint density at radius 1 is 1.55 bits per heavy atom. The van der Waals surface area contributed by atoms with Crippen LogP contribution in [0.1, 0.15) is 27.9 Å². The zero-order valence-corrected chi connectivity index (χ0v) is 13.6. The molecule has 0 unspecified atom stereocenters. The number of amides is 1. The van der Waals surface area contributed by atoms with Crippen molar-refractivity contribution in [3.05, 3.63) is 35.9 Å². The van der Waals surface area contributed by atoms with Gasteiger partial charge in [0.05, 0.1) is 8.71 Å². The summed E-state index contributed by atoms with van der Waals surface area (Å²) in [7, 11) is 0. The first kappa shape index (κ1) is 15.1. The molecule has 0 radical (unpaired) electrons. The van der Waals surface area contributed by atoms with Crippen LogP contribution in [0.15, 0.2) is 16.0 Å². The Morgan fingerprint density at radius 3 is 2.95 bits per heavy atom. The van der Waals surface area contributed by atoms with E-state index in [1.807, 2.05) is 0 Å². The largest absolute Gasteiger partial charge is 0.297 e. The molecular formula is C11H10BrN3O3S2. The predicted molar refractivity (Wildman–Crippen MR) is 82.7 cm³/mol. The summed E-state index contributed by atoms with van der Waals surface area (Å²) in [5.74, 6) is -0.509. The van der Waals surface area contributed by atoms with E-state index in [0.717, 1.165) is 29.1 Å². The molecule has 0 saturated carbocycles. The number of hydrogen-bond donors (Lipinski definition) is 1. The molecule has 0 fully saturated rings. The standard InChI is InChI=1S/C11H10BrN3O3S2/c1-2-3-6-5-13-11(19-6)14-10(16)9-7(15(17)18)4-8(12)20-9/h4-5H,2-3H2,1H3,(H,13,14,16). The molecule has 2 aromatic heterocycles. The van der Waals surface area contributed by atoms with Crippen molar-refractivity contribution >= 4 is 55.3 Å². The van der Waals surface area contributed by atoms with Gasteiger partial charge in [0.25, 0.3) is 11.6 Å². The van der Waals surface area contributed by atoms with Gasteiger partial charge in [-0.25, -0.2) is 4.98 Å². The molecule has 9 heteroatoms. The Balaban J connectivity index is 2.17. The normalized spacial score (nSPS) is 10.5. The average Bonchev–Trinajstić information content (AvgIpc) is 2.96. The monoisotopic (exact) mass is 375 g/mol. The average molecular weight is 376 g/mol. The fourth-order valence-electron chi connectivity index (χ4n) is 1.53. The van der Waals surface area contributed by atoms with Gasteiger partial charge in [-0.2, -0.15) is 0 Å². The summed E-state index contributed by atoms with van der Waals surface area (Å²) in [5, 5.41) is 13.9. The molecule has 0 aliphatic rings. The summed E-state index contributed by atoms with van der Waals surface area (Å²) >= 11 is 5.56. The number of hydrogen-bond acceptors (Lipinski definition) is 6. The number of nitrogens with zero attached hydrogens (tertiary/aromatic N) is 2. The summed E-state index contributed by atoms with van der Waals surface area (Å²) in [6.45, 7) is 2.06. The molecule has 0 saturated heterocycles. The molecular weight excluding hydrogens is 366 g/mol. The first-order valence-electron chi connectivity index (χ1n) is 5.71. The number of aromatic nitrogens is 1. The highest BCUT2D eigenvalue weighted by molar-refractivity contribution is 9.11. The Bertz CT molecular complexity index is 653. The minimum Gasteiger partial charge on any atom is -0.297 e. The van der Waals surface area contributed by atoms with Crippen LogP contribution in [-0.2, 0) is 6.42 Å². The highest BCUT2D eigenvalue weighted by atomic mass is 79.9. The molecule has 20 heavy (non-hydrogen) atoms. The van der Waals surface area contributed by atoms with E-state index in [1.54, 1.807) is 6.20 Å². The number of rotatable bonds is 5. The molecule has 2 heterocycles. The van der Waals surface area contributed by atoms with Crippen molar-refractivity contribution in [3.8, 4) is 0 Å². The number of thiophene rings is 1. The van der Waals surface area contributed by atoms with Gasteiger partial charge < -0.3 is 0 Å². The van der Waals surface area contributed by atoms with Crippen LogP contribution in [0.2, 0.25) is 0 Å². The highest BCUT2D eigenvalue weighted by Crippen LogP contribution is 2.33. The lowest BCUT2D eigenvalue weighted by Gasteiger charge is -1.98. The quantitative estimate of drug-likeness (QED) is 0.629. The Kier molecular flexibility index (Phi) is 4.84. The lowest BCUT2D eigenvalue weighted by Crippen LogP contribution is -2.11. The van der Waals surface area contributed by atoms with Crippen LogP contribution >= 0.6 is 38.6 Å². The van der Waals surface area contributed by atoms with Crippen molar-refractivity contribution in [3.63, 3.8) is 0 Å². The van der Waals surface area contributed by atoms with Crippen molar-refractivity contribution in [2.24, 2.45) is 0 Å². The second kappa shape index (κ2) is 6.42. The van der Waals surface area contributed by atoms with Crippen molar-refractivity contribution in [2.75, 3.05) is 5.32 Å². The third kappa shape index (κ3) is 3.41. The van der Waals surface area contributed by atoms with Gasteiger partial charge in [-0.3, -0.25) is 20.2 Å². The zero-order chi connectivity index (χ0) is 14.7. The summed E-state index contributed by atoms with van der Waals surface area (Å²) < 4.78 is 0.542. The summed E-state index contributed by atoms with van der Waals surface area (Å²) in [6.07, 6.45) is 3.61. The van der Waals surface area contributed by atoms with Gasteiger partial charge in [0, 0.05) is 17.1 Å². The number of nitro groups is 1. The molecule has 0 atom stereocenters. The molecule has 0 aliphatic carbocycles. The van der Waals surface area contributed by atoms with E-state index < -0.39 is 10.8 Å². The second-order valence-corrected chi connectivity index (χ2v) is 7.40. The zero-order valence-electron chi connectivity index (χ0n) is 10.4. The van der Waals surface area contributed by atoms with Crippen molar-refractivity contribution < 1.29 is 9.72 Å². The second-order valence-electron chi connectivity index (χ2n) is 3.86. The first-order chi connectivity index (χ1) is 9.51. The van der Waals surface area contributed by atoms with Gasteiger partial charge in [0.2, 0.25) is 0 Å². The van der Waals surface area contributed by atoms with Gasteiger partial charge in [0.15, 0.2) is 10.0 Å². The lowest BCUT2D eigenvalue weighted by atomic mass is 10.3. The van der Waals surface area contributed by atoms with Crippen LogP contribution in [0.4, 0.5) is 10.8 Å². The maximum absolute atomic E-state index is 12.1. The fourth-order valence-corrected chi connectivity index (χ4v) is 3.89. The van der Waals surface area contributed by atoms with E-state index in [-0.39, 0.29) is 10.6 Å². The van der Waals surface area contributed by atoms with Crippen molar-refractivity contribution in [1.82, 2.24) is 4.98 Å². The number of anilines is 1. The van der Waals surface area contributed by atoms with Crippen LogP contribution in [0.3, 0.4) is 0 Å². The van der Waals surface area contributed by atoms with Crippen LogP contribution in [-0.4, -0.2) is 15.8 Å². The van der Waals surface area contributed by atoms with E-state index in [4.69, 9.17) is 0 Å². The third-order valence-electron chi connectivity index (χ3n) is 2.36. The van der Waals surface area contributed by atoms with Gasteiger partial charge in [-0.15, -0.1) is 22.7 Å². The first-order valence-corrected chi connectivity index (χ1v) is 8.13. The predicted octanol–water partition coefficient (Wildman–Crippen LogP) is 4.08. The van der Waals surface area contributed by atoms with Crippen molar-refractivity contribution in [2.45, 2.75) is 19.8 Å². The Labute approximate surface area is 131 Å². The molecule has 106 valence electrons. The molecule has 0 spiro atoms. The minimum atomic E-state index is -0.569. The maximum Gasteiger partial charge on any atom is 0.294 e. The molecule has 0 aliphatic heterocycles. The minimum absolute atomic E-state index is 0.0640. The third-order valence-corrected chi connectivity index (χ3v) is 4.95. The Hall–Kier alpha value is -1.32. The van der Waals surface area contributed by atoms with Gasteiger partial charge in [-0.05, 0) is 22.4 Å².